The van der Waals surface area contributed by atoms with E-state index < -0.39 is 23.2 Å². The lowest BCUT2D eigenvalue weighted by molar-refractivity contribution is -0.116. The van der Waals surface area contributed by atoms with Gasteiger partial charge >= 0.3 is 4.87 Å². The van der Waals surface area contributed by atoms with Gasteiger partial charge in [0.1, 0.15) is 22.9 Å². The van der Waals surface area contributed by atoms with Crippen molar-refractivity contribution in [2.45, 2.75) is 6.54 Å². The fourth-order valence-corrected chi connectivity index (χ4v) is 3.80. The van der Waals surface area contributed by atoms with Crippen LogP contribution in [0.3, 0.4) is 0 Å². The standard InChI is InChI=1S/C20H15N3O5S/c1-28-12-8-6-11(7-9-12)21-15(24)10-23-19(26)18(29-20(23)27)16-17(25)13-4-2-3-5-14(13)22-16/h2-9,26H,10H2,1H3,(H,21,24). The van der Waals surface area contributed by atoms with Crippen LogP contribution < -0.4 is 14.9 Å². The molecule has 2 heterocycles. The van der Waals surface area contributed by atoms with Gasteiger partial charge in [0, 0.05) is 11.3 Å². The second-order valence-corrected chi connectivity index (χ2v) is 7.15. The number of rotatable bonds is 5. The summed E-state index contributed by atoms with van der Waals surface area (Å²) in [6, 6.07) is 13.4. The first-order valence-corrected chi connectivity index (χ1v) is 9.39. The summed E-state index contributed by atoms with van der Waals surface area (Å²) in [6.45, 7) is -0.401. The van der Waals surface area contributed by atoms with Crippen molar-refractivity contribution in [3.8, 4) is 11.6 Å². The van der Waals surface area contributed by atoms with Crippen molar-refractivity contribution in [3.05, 3.63) is 68.6 Å². The maximum Gasteiger partial charge on any atom is 0.311 e. The molecule has 1 amide bonds. The van der Waals surface area contributed by atoms with Gasteiger partial charge in [0.15, 0.2) is 0 Å². The van der Waals surface area contributed by atoms with Crippen molar-refractivity contribution < 1.29 is 19.4 Å². The van der Waals surface area contributed by atoms with Gasteiger partial charge in [-0.15, -0.1) is 0 Å². The number of amides is 1. The van der Waals surface area contributed by atoms with Gasteiger partial charge < -0.3 is 15.2 Å². The Balaban J connectivity index is 1.56. The summed E-state index contributed by atoms with van der Waals surface area (Å²) in [6.07, 6.45) is 0. The Morgan fingerprint density at radius 1 is 1.17 bits per heavy atom. The second-order valence-electron chi connectivity index (χ2n) is 6.19. The minimum absolute atomic E-state index is 0.000104. The molecule has 1 aliphatic rings. The highest BCUT2D eigenvalue weighted by molar-refractivity contribution is 7.13. The molecule has 2 aromatic carbocycles. The zero-order valence-corrected chi connectivity index (χ0v) is 16.0. The molecule has 2 N–H and O–H groups in total. The van der Waals surface area contributed by atoms with E-state index in [1.165, 1.54) is 7.11 Å². The number of aromatic hydroxyl groups is 1. The normalized spacial score (nSPS) is 12.4. The summed E-state index contributed by atoms with van der Waals surface area (Å²) in [5.74, 6) is -0.681. The number of aromatic nitrogens is 1. The van der Waals surface area contributed by atoms with E-state index in [4.69, 9.17) is 4.74 Å². The van der Waals surface area contributed by atoms with Crippen LogP contribution in [0.5, 0.6) is 11.6 Å². The van der Waals surface area contributed by atoms with Gasteiger partial charge in [0.25, 0.3) is 0 Å². The van der Waals surface area contributed by atoms with Crippen LogP contribution in [0.4, 0.5) is 11.4 Å². The minimum Gasteiger partial charge on any atom is -0.497 e. The number of ether oxygens (including phenoxy) is 1. The molecular formula is C20H15N3O5S. The van der Waals surface area contributed by atoms with E-state index >= 15 is 0 Å². The van der Waals surface area contributed by atoms with E-state index in [9.17, 15) is 19.5 Å². The van der Waals surface area contributed by atoms with Crippen LogP contribution in [0.1, 0.15) is 15.2 Å². The molecule has 0 bridgehead atoms. The van der Waals surface area contributed by atoms with Crippen LogP contribution in [-0.2, 0) is 11.3 Å². The van der Waals surface area contributed by atoms with Crippen molar-refractivity contribution >= 4 is 40.1 Å². The lowest BCUT2D eigenvalue weighted by Crippen LogP contribution is -2.24. The van der Waals surface area contributed by atoms with Crippen molar-refractivity contribution in [2.75, 3.05) is 12.4 Å². The monoisotopic (exact) mass is 409 g/mol. The predicted molar refractivity (Wildman–Crippen MR) is 109 cm³/mol. The summed E-state index contributed by atoms with van der Waals surface area (Å²) >= 11 is 0.675. The first kappa shape index (κ1) is 18.6. The van der Waals surface area contributed by atoms with Gasteiger partial charge in [-0.25, -0.2) is 4.99 Å². The van der Waals surface area contributed by atoms with Crippen LogP contribution in [0.2, 0.25) is 0 Å². The fraction of sp³-hybridized carbons (Fsp3) is 0.100. The number of hydrogen-bond acceptors (Lipinski definition) is 7. The molecule has 0 saturated heterocycles. The van der Waals surface area contributed by atoms with Gasteiger partial charge in [-0.1, -0.05) is 23.5 Å². The third-order valence-electron chi connectivity index (χ3n) is 4.36. The average Bonchev–Trinajstić information content (AvgIpc) is 3.20. The molecular weight excluding hydrogens is 394 g/mol. The molecule has 8 nitrogen and oxygen atoms in total. The van der Waals surface area contributed by atoms with Gasteiger partial charge in [-0.2, -0.15) is 0 Å². The van der Waals surface area contributed by atoms with Crippen LogP contribution >= 0.6 is 11.3 Å². The van der Waals surface area contributed by atoms with E-state index in [2.05, 4.69) is 10.3 Å². The summed E-state index contributed by atoms with van der Waals surface area (Å²) in [7, 11) is 1.54. The van der Waals surface area contributed by atoms with Crippen LogP contribution in [0.15, 0.2) is 58.3 Å². The smallest absolute Gasteiger partial charge is 0.311 e. The Hall–Kier alpha value is -3.72. The Labute approximate surface area is 168 Å². The van der Waals surface area contributed by atoms with E-state index in [0.29, 0.717) is 34.0 Å². The summed E-state index contributed by atoms with van der Waals surface area (Å²) in [4.78, 5) is 40.9. The number of carbonyl (C=O) groups is 2. The molecule has 0 saturated carbocycles. The van der Waals surface area contributed by atoms with E-state index in [1.54, 1.807) is 48.5 Å². The Bertz CT molecular complexity index is 1210. The molecule has 0 radical (unpaired) electrons. The van der Waals surface area contributed by atoms with Gasteiger partial charge in [-0.05, 0) is 36.4 Å². The zero-order valence-electron chi connectivity index (χ0n) is 15.2. The predicted octanol–water partition coefficient (Wildman–Crippen LogP) is 2.58. The van der Waals surface area contributed by atoms with Gasteiger partial charge in [-0.3, -0.25) is 19.0 Å². The number of methoxy groups -OCH3 is 1. The molecule has 1 aliphatic heterocycles. The third kappa shape index (κ3) is 3.43. The highest BCUT2D eigenvalue weighted by atomic mass is 32.1. The van der Waals surface area contributed by atoms with Crippen molar-refractivity contribution in [1.82, 2.24) is 4.57 Å². The lowest BCUT2D eigenvalue weighted by Gasteiger charge is -2.07. The molecule has 1 aromatic heterocycles. The number of anilines is 1. The number of Topliss-reactive ketones (excluding diaryl/α,β-unsaturated/α-hetero) is 1. The van der Waals surface area contributed by atoms with Crippen LogP contribution in [0, 0.1) is 0 Å². The van der Waals surface area contributed by atoms with Crippen LogP contribution in [-0.4, -0.2) is 34.2 Å². The van der Waals surface area contributed by atoms with Crippen molar-refractivity contribution in [1.29, 1.82) is 0 Å². The summed E-state index contributed by atoms with van der Waals surface area (Å²) in [5, 5.41) is 13.1. The Morgan fingerprint density at radius 2 is 1.90 bits per heavy atom. The summed E-state index contributed by atoms with van der Waals surface area (Å²) < 4.78 is 5.97. The molecule has 0 fully saturated rings. The Morgan fingerprint density at radius 3 is 2.59 bits per heavy atom. The topological polar surface area (TPSA) is 110 Å². The highest BCUT2D eigenvalue weighted by Crippen LogP contribution is 2.32. The molecule has 4 rings (SSSR count). The molecule has 0 atom stereocenters. The number of nitrogens with one attached hydrogen (secondary N) is 1. The van der Waals surface area contributed by atoms with E-state index in [1.807, 2.05) is 0 Å². The molecule has 0 unspecified atom stereocenters. The number of aliphatic imine (C=N–C) groups is 1. The first-order valence-electron chi connectivity index (χ1n) is 8.57. The number of nitrogens with zero attached hydrogens (tertiary/aromatic N) is 2. The largest absolute Gasteiger partial charge is 0.497 e. The SMILES string of the molecule is COc1ccc(NC(=O)Cn2c(O)c(C3=Nc4ccccc4C3=O)sc2=O)cc1. The molecule has 29 heavy (non-hydrogen) atoms. The number of hydrogen-bond donors (Lipinski definition) is 2. The number of ketones is 1. The number of fused-ring (bicyclic) bond motifs is 1. The minimum atomic E-state index is -0.561. The maximum absolute atomic E-state index is 12.5. The number of carbonyl (C=O) groups excluding carboxylic acids is 2. The summed E-state index contributed by atoms with van der Waals surface area (Å²) in [5.41, 5.74) is 1.41. The Kier molecular flexibility index (Phi) is 4.73. The molecule has 146 valence electrons. The second kappa shape index (κ2) is 7.36. The zero-order chi connectivity index (χ0) is 20.5. The number of thiazole rings is 1. The quantitative estimate of drug-likeness (QED) is 0.673. The lowest BCUT2D eigenvalue weighted by atomic mass is 10.1. The van der Waals surface area contributed by atoms with Gasteiger partial charge in [0.05, 0.1) is 12.8 Å². The highest BCUT2D eigenvalue weighted by Gasteiger charge is 2.30. The maximum atomic E-state index is 12.5. The fourth-order valence-electron chi connectivity index (χ4n) is 2.93. The van der Waals surface area contributed by atoms with Crippen molar-refractivity contribution in [2.24, 2.45) is 4.99 Å². The average molecular weight is 409 g/mol. The molecule has 0 spiro atoms. The third-order valence-corrected chi connectivity index (χ3v) is 5.33. The van der Waals surface area contributed by atoms with Crippen molar-refractivity contribution in [3.63, 3.8) is 0 Å². The molecule has 3 aromatic rings. The molecule has 0 aliphatic carbocycles. The van der Waals surface area contributed by atoms with Crippen LogP contribution in [0.25, 0.3) is 0 Å². The number of benzene rings is 2. The first-order chi connectivity index (χ1) is 14.0. The van der Waals surface area contributed by atoms with Gasteiger partial charge in [0.2, 0.25) is 17.6 Å². The van der Waals surface area contributed by atoms with E-state index in [0.717, 1.165) is 4.57 Å². The molecule has 9 heteroatoms. The number of para-hydroxylation sites is 1. The van der Waals surface area contributed by atoms with E-state index in [-0.39, 0.29) is 16.4 Å².